The number of aryl methyl sites for hydroxylation is 2. The summed E-state index contributed by atoms with van der Waals surface area (Å²) in [5, 5.41) is 4.60. The summed E-state index contributed by atoms with van der Waals surface area (Å²) in [5.74, 6) is 1.57. The smallest absolute Gasteiger partial charge is 0.289 e. The molecule has 2 aromatic heterocycles. The molecule has 3 aliphatic rings. The van der Waals surface area contributed by atoms with E-state index >= 15 is 0 Å². The van der Waals surface area contributed by atoms with E-state index in [9.17, 15) is 9.18 Å². The van der Waals surface area contributed by atoms with Crippen LogP contribution >= 0.6 is 0 Å². The molecule has 9 heteroatoms. The van der Waals surface area contributed by atoms with Gasteiger partial charge in [-0.25, -0.2) is 14.4 Å². The Morgan fingerprint density at radius 2 is 1.64 bits per heavy atom. The molecular weight excluding hydrogens is 361 g/mol. The van der Waals surface area contributed by atoms with Gasteiger partial charge < -0.3 is 9.80 Å². The summed E-state index contributed by atoms with van der Waals surface area (Å²) in [6.07, 6.45) is -1.70. The van der Waals surface area contributed by atoms with Crippen molar-refractivity contribution in [2.75, 3.05) is 31.1 Å². The summed E-state index contributed by atoms with van der Waals surface area (Å²) >= 11 is 0. The molecule has 0 bridgehead atoms. The third-order valence-corrected chi connectivity index (χ3v) is 5.82. The zero-order valence-corrected chi connectivity index (χ0v) is 16.1. The third kappa shape index (κ3) is 2.68. The molecule has 3 unspecified atom stereocenters. The molecular formula is C19H22FN7O. The molecule has 5 heterocycles. The number of amides is 1. The van der Waals surface area contributed by atoms with Gasteiger partial charge in [-0.2, -0.15) is 14.6 Å². The Bertz CT molecular complexity index is 1030. The van der Waals surface area contributed by atoms with Gasteiger partial charge in [-0.3, -0.25) is 4.79 Å². The van der Waals surface area contributed by atoms with Gasteiger partial charge in [-0.05, 0) is 20.8 Å². The zero-order valence-electron chi connectivity index (χ0n) is 16.1. The number of anilines is 1. The van der Waals surface area contributed by atoms with Crippen LogP contribution in [-0.2, 0) is 4.79 Å². The number of carbonyl (C=O) groups is 1. The minimum atomic E-state index is -1.70. The van der Waals surface area contributed by atoms with Crippen molar-refractivity contribution in [3.63, 3.8) is 0 Å². The maximum Gasteiger partial charge on any atom is 0.289 e. The Balaban J connectivity index is 1.36. The van der Waals surface area contributed by atoms with E-state index in [1.54, 1.807) is 6.92 Å². The fraction of sp³-hybridized carbons (Fsp3) is 0.526. The highest BCUT2D eigenvalue weighted by Crippen LogP contribution is 2.35. The number of alkyl halides is 1. The van der Waals surface area contributed by atoms with Gasteiger partial charge in [0.25, 0.3) is 5.91 Å². The van der Waals surface area contributed by atoms with Crippen molar-refractivity contribution in [2.45, 2.75) is 26.9 Å². The Labute approximate surface area is 161 Å². The van der Waals surface area contributed by atoms with Gasteiger partial charge >= 0.3 is 0 Å². The minimum Gasteiger partial charge on any atom is -0.356 e. The van der Waals surface area contributed by atoms with Crippen LogP contribution in [0, 0.1) is 25.7 Å². The second-order valence-electron chi connectivity index (χ2n) is 8.01. The van der Waals surface area contributed by atoms with Crippen LogP contribution in [0.5, 0.6) is 0 Å². The molecule has 3 aliphatic heterocycles. The summed E-state index contributed by atoms with van der Waals surface area (Å²) in [6, 6.07) is 4.07. The molecule has 0 N–H and O–H groups in total. The first-order valence-corrected chi connectivity index (χ1v) is 9.55. The highest BCUT2D eigenvalue weighted by Gasteiger charge is 2.42. The van der Waals surface area contributed by atoms with Crippen molar-refractivity contribution in [2.24, 2.45) is 21.8 Å². The van der Waals surface area contributed by atoms with E-state index in [2.05, 4.69) is 31.0 Å². The maximum atomic E-state index is 13.6. The molecule has 28 heavy (non-hydrogen) atoms. The molecule has 3 atom stereocenters. The lowest BCUT2D eigenvalue weighted by Crippen LogP contribution is -2.38. The fourth-order valence-corrected chi connectivity index (χ4v) is 4.48. The third-order valence-electron chi connectivity index (χ3n) is 5.82. The summed E-state index contributed by atoms with van der Waals surface area (Å²) in [5.41, 5.74) is 2.98. The number of guanidine groups is 1. The highest BCUT2D eigenvalue weighted by molar-refractivity contribution is 6.16. The minimum absolute atomic E-state index is 0.192. The largest absolute Gasteiger partial charge is 0.356 e. The second kappa shape index (κ2) is 6.08. The quantitative estimate of drug-likeness (QED) is 0.744. The Morgan fingerprint density at radius 3 is 2.32 bits per heavy atom. The van der Waals surface area contributed by atoms with E-state index in [1.165, 1.54) is 0 Å². The first kappa shape index (κ1) is 17.3. The molecule has 0 radical (unpaired) electrons. The molecule has 1 amide bonds. The fourth-order valence-electron chi connectivity index (χ4n) is 4.48. The topological polar surface area (TPSA) is 78.5 Å². The van der Waals surface area contributed by atoms with E-state index < -0.39 is 12.1 Å². The number of rotatable bonds is 1. The summed E-state index contributed by atoms with van der Waals surface area (Å²) in [7, 11) is 0. The van der Waals surface area contributed by atoms with Crippen LogP contribution in [0.25, 0.3) is 5.65 Å². The summed E-state index contributed by atoms with van der Waals surface area (Å²) < 4.78 is 15.6. The van der Waals surface area contributed by atoms with Gasteiger partial charge in [-0.15, -0.1) is 0 Å². The summed E-state index contributed by atoms with van der Waals surface area (Å²) in [4.78, 5) is 28.7. The number of halogens is 1. The molecule has 0 saturated carbocycles. The second-order valence-corrected chi connectivity index (χ2v) is 8.01. The van der Waals surface area contributed by atoms with Crippen molar-refractivity contribution < 1.29 is 9.18 Å². The lowest BCUT2D eigenvalue weighted by atomic mass is 10.0. The molecule has 2 aromatic rings. The number of nitrogens with zero attached hydrogens (tertiary/aromatic N) is 7. The van der Waals surface area contributed by atoms with Crippen LogP contribution in [0.1, 0.15) is 18.3 Å². The van der Waals surface area contributed by atoms with E-state index in [-0.39, 0.29) is 5.71 Å². The van der Waals surface area contributed by atoms with Gasteiger partial charge in [0, 0.05) is 55.8 Å². The van der Waals surface area contributed by atoms with Gasteiger partial charge in [0.1, 0.15) is 5.82 Å². The van der Waals surface area contributed by atoms with Crippen LogP contribution in [0.15, 0.2) is 22.1 Å². The number of fused-ring (bicyclic) bond motifs is 2. The number of carbonyl (C=O) groups excluding carboxylic acids is 1. The predicted octanol–water partition coefficient (Wildman–Crippen LogP) is 1.41. The normalized spacial score (nSPS) is 27.4. The monoisotopic (exact) mass is 383 g/mol. The predicted molar refractivity (Wildman–Crippen MR) is 104 cm³/mol. The molecule has 0 aromatic carbocycles. The van der Waals surface area contributed by atoms with Crippen LogP contribution in [0.2, 0.25) is 0 Å². The Kier molecular flexibility index (Phi) is 3.75. The molecule has 2 saturated heterocycles. The van der Waals surface area contributed by atoms with Crippen molar-refractivity contribution >= 4 is 29.0 Å². The molecule has 2 fully saturated rings. The standard InChI is InChI=1S/C19H22FN7O/c1-10-5-16(27-15(21-10)4-11(2)24-27)25-6-13-8-26(9-14(13)7-25)19-22-12(3)17(20)18(28)23-19/h4-5,13-14,17H,6-9H2,1-3H3. The first-order chi connectivity index (χ1) is 13.4. The van der Waals surface area contributed by atoms with E-state index in [4.69, 9.17) is 0 Å². The Morgan fingerprint density at radius 1 is 0.964 bits per heavy atom. The van der Waals surface area contributed by atoms with E-state index in [0.717, 1.165) is 49.0 Å². The molecule has 146 valence electrons. The average molecular weight is 383 g/mol. The molecule has 5 rings (SSSR count). The van der Waals surface area contributed by atoms with Crippen LogP contribution < -0.4 is 4.90 Å². The highest BCUT2D eigenvalue weighted by atomic mass is 19.1. The molecule has 8 nitrogen and oxygen atoms in total. The van der Waals surface area contributed by atoms with Crippen LogP contribution in [0.3, 0.4) is 0 Å². The van der Waals surface area contributed by atoms with Gasteiger partial charge in [0.2, 0.25) is 12.1 Å². The zero-order chi connectivity index (χ0) is 19.6. The van der Waals surface area contributed by atoms with E-state index in [1.807, 2.05) is 29.3 Å². The number of hydrogen-bond acceptors (Lipinski definition) is 6. The van der Waals surface area contributed by atoms with Crippen LogP contribution in [-0.4, -0.2) is 69.4 Å². The molecule has 0 spiro atoms. The number of aliphatic imine (C=N–C) groups is 2. The van der Waals surface area contributed by atoms with Gasteiger partial charge in [0.05, 0.1) is 11.4 Å². The maximum absolute atomic E-state index is 13.6. The molecule has 0 aliphatic carbocycles. The van der Waals surface area contributed by atoms with Crippen LogP contribution in [0.4, 0.5) is 10.2 Å². The lowest BCUT2D eigenvalue weighted by Gasteiger charge is -2.25. The number of aromatic nitrogens is 3. The lowest BCUT2D eigenvalue weighted by molar-refractivity contribution is -0.120. The van der Waals surface area contributed by atoms with Crippen molar-refractivity contribution in [1.82, 2.24) is 19.5 Å². The van der Waals surface area contributed by atoms with Crippen molar-refractivity contribution in [3.8, 4) is 0 Å². The number of likely N-dealkylation sites (tertiary alicyclic amines) is 1. The average Bonchev–Trinajstić information content (AvgIpc) is 3.30. The van der Waals surface area contributed by atoms with Crippen molar-refractivity contribution in [3.05, 3.63) is 23.5 Å². The first-order valence-electron chi connectivity index (χ1n) is 9.55. The Hall–Kier alpha value is -2.84. The van der Waals surface area contributed by atoms with Gasteiger partial charge in [0.15, 0.2) is 5.65 Å². The summed E-state index contributed by atoms with van der Waals surface area (Å²) in [6.45, 7) is 8.85. The van der Waals surface area contributed by atoms with Crippen molar-refractivity contribution in [1.29, 1.82) is 0 Å². The van der Waals surface area contributed by atoms with Gasteiger partial charge in [-0.1, -0.05) is 0 Å². The SMILES string of the molecule is CC1=NC(N2CC3CN(c4cc(C)nc5cc(C)nn45)CC3C2)=NC(=O)C1F. The number of hydrogen-bond donors (Lipinski definition) is 0. The van der Waals surface area contributed by atoms with E-state index in [0.29, 0.717) is 17.8 Å².